The number of nitrogens with one attached hydrogen (secondary N) is 1. The normalized spacial score (nSPS) is 11.9. The maximum absolute atomic E-state index is 12.2. The number of amides is 1. The minimum absolute atomic E-state index is 0.191. The van der Waals surface area contributed by atoms with E-state index in [2.05, 4.69) is 5.32 Å². The highest BCUT2D eigenvalue weighted by atomic mass is 35.5. The first-order valence-electron chi connectivity index (χ1n) is 8.46. The minimum Gasteiger partial charge on any atom is -0.448 e. The summed E-state index contributed by atoms with van der Waals surface area (Å²) < 4.78 is 5.12. The summed E-state index contributed by atoms with van der Waals surface area (Å²) >= 11 is 5.80. The van der Waals surface area contributed by atoms with Crippen LogP contribution >= 0.6 is 11.6 Å². The van der Waals surface area contributed by atoms with Crippen LogP contribution in [0.25, 0.3) is 6.08 Å². The van der Waals surface area contributed by atoms with E-state index in [0.29, 0.717) is 16.3 Å². The Bertz CT molecular complexity index is 913. The smallest absolute Gasteiger partial charge is 0.349 e. The number of benzene rings is 2. The van der Waals surface area contributed by atoms with Gasteiger partial charge in [0.15, 0.2) is 6.10 Å². The van der Waals surface area contributed by atoms with Gasteiger partial charge in [0.2, 0.25) is 0 Å². The van der Waals surface area contributed by atoms with Gasteiger partial charge in [-0.3, -0.25) is 4.79 Å². The minimum atomic E-state index is -1.07. The summed E-state index contributed by atoms with van der Waals surface area (Å²) in [6.07, 6.45) is 0.349. The summed E-state index contributed by atoms with van der Waals surface area (Å²) in [6, 6.07) is 15.7. The van der Waals surface area contributed by atoms with Crippen molar-refractivity contribution in [1.82, 2.24) is 0 Å². The predicted octanol–water partition coefficient (Wildman–Crippen LogP) is 3.88. The van der Waals surface area contributed by atoms with E-state index in [1.807, 2.05) is 37.2 Å². The number of carbonyl (C=O) groups excluding carboxylic acids is 2. The lowest BCUT2D eigenvalue weighted by atomic mass is 10.1. The molecule has 2 aromatic carbocycles. The summed E-state index contributed by atoms with van der Waals surface area (Å²) in [6.45, 7) is 1.43. The highest BCUT2D eigenvalue weighted by Gasteiger charge is 2.20. The molecule has 0 fully saturated rings. The van der Waals surface area contributed by atoms with Gasteiger partial charge in [-0.1, -0.05) is 23.7 Å². The van der Waals surface area contributed by atoms with E-state index in [-0.39, 0.29) is 5.57 Å². The highest BCUT2D eigenvalue weighted by Crippen LogP contribution is 2.16. The van der Waals surface area contributed by atoms with Crippen molar-refractivity contribution in [2.45, 2.75) is 13.0 Å². The van der Waals surface area contributed by atoms with Crippen molar-refractivity contribution >= 4 is 40.9 Å². The van der Waals surface area contributed by atoms with Gasteiger partial charge in [-0.05, 0) is 55.0 Å². The van der Waals surface area contributed by atoms with Crippen molar-refractivity contribution in [3.63, 3.8) is 0 Å². The first-order valence-corrected chi connectivity index (χ1v) is 8.84. The van der Waals surface area contributed by atoms with Gasteiger partial charge in [0.25, 0.3) is 5.91 Å². The number of rotatable bonds is 6. The molecule has 0 saturated carbocycles. The van der Waals surface area contributed by atoms with Crippen LogP contribution < -0.4 is 10.2 Å². The van der Waals surface area contributed by atoms with Gasteiger partial charge in [-0.15, -0.1) is 0 Å². The Kier molecular flexibility index (Phi) is 7.19. The summed E-state index contributed by atoms with van der Waals surface area (Å²) in [4.78, 5) is 26.4. The Balaban J connectivity index is 2.02. The van der Waals surface area contributed by atoms with E-state index >= 15 is 0 Å². The molecule has 7 heteroatoms. The number of anilines is 2. The Labute approximate surface area is 169 Å². The van der Waals surface area contributed by atoms with Gasteiger partial charge in [0, 0.05) is 30.5 Å². The van der Waals surface area contributed by atoms with E-state index < -0.39 is 18.0 Å². The molecular weight excluding hydrogens is 378 g/mol. The Morgan fingerprint density at radius 2 is 1.75 bits per heavy atom. The Morgan fingerprint density at radius 3 is 2.29 bits per heavy atom. The zero-order valence-electron chi connectivity index (χ0n) is 15.8. The van der Waals surface area contributed by atoms with Crippen LogP contribution in [0.2, 0.25) is 5.02 Å². The third kappa shape index (κ3) is 5.86. The molecule has 0 heterocycles. The summed E-state index contributed by atoms with van der Waals surface area (Å²) in [7, 11) is 3.83. The monoisotopic (exact) mass is 397 g/mol. The van der Waals surface area contributed by atoms with E-state index in [1.165, 1.54) is 13.0 Å². The summed E-state index contributed by atoms with van der Waals surface area (Å²) in [5.41, 5.74) is 2.00. The van der Waals surface area contributed by atoms with Gasteiger partial charge in [-0.25, -0.2) is 4.79 Å². The fraction of sp³-hybridized carbons (Fsp3) is 0.190. The second-order valence-electron chi connectivity index (χ2n) is 6.20. The number of carbonyl (C=O) groups is 2. The molecule has 0 saturated heterocycles. The van der Waals surface area contributed by atoms with Crippen LogP contribution in [-0.4, -0.2) is 32.1 Å². The lowest BCUT2D eigenvalue weighted by Gasteiger charge is -2.13. The molecule has 28 heavy (non-hydrogen) atoms. The zero-order valence-corrected chi connectivity index (χ0v) is 16.5. The fourth-order valence-electron chi connectivity index (χ4n) is 2.23. The Morgan fingerprint density at radius 1 is 1.14 bits per heavy atom. The van der Waals surface area contributed by atoms with E-state index in [0.717, 1.165) is 5.69 Å². The molecule has 1 unspecified atom stereocenters. The molecule has 144 valence electrons. The van der Waals surface area contributed by atoms with E-state index in [1.54, 1.807) is 36.4 Å². The molecule has 1 amide bonds. The number of hydrogen-bond acceptors (Lipinski definition) is 5. The average molecular weight is 398 g/mol. The lowest BCUT2D eigenvalue weighted by Crippen LogP contribution is -2.30. The second-order valence-corrected chi connectivity index (χ2v) is 6.64. The molecule has 0 bridgehead atoms. The van der Waals surface area contributed by atoms with Crippen molar-refractivity contribution in [1.29, 1.82) is 5.26 Å². The number of nitriles is 1. The molecule has 0 spiro atoms. The SMILES string of the molecule is CC(OC(=O)/C(C#N)=C/c1ccc(N(C)C)cc1)C(=O)Nc1ccc(Cl)cc1. The fourth-order valence-corrected chi connectivity index (χ4v) is 2.35. The van der Waals surface area contributed by atoms with Crippen molar-refractivity contribution in [2.75, 3.05) is 24.3 Å². The summed E-state index contributed by atoms with van der Waals surface area (Å²) in [5, 5.41) is 12.4. The van der Waals surface area contributed by atoms with Crippen LogP contribution in [-0.2, 0) is 14.3 Å². The maximum Gasteiger partial charge on any atom is 0.349 e. The third-order valence-electron chi connectivity index (χ3n) is 3.83. The molecule has 2 aromatic rings. The highest BCUT2D eigenvalue weighted by molar-refractivity contribution is 6.30. The lowest BCUT2D eigenvalue weighted by molar-refractivity contribution is -0.148. The second kappa shape index (κ2) is 9.58. The molecule has 0 aromatic heterocycles. The molecule has 0 aliphatic heterocycles. The number of ether oxygens (including phenoxy) is 1. The molecule has 1 atom stereocenters. The van der Waals surface area contributed by atoms with Gasteiger partial charge < -0.3 is 15.0 Å². The number of hydrogen-bond donors (Lipinski definition) is 1. The topological polar surface area (TPSA) is 82.4 Å². The van der Waals surface area contributed by atoms with Crippen LogP contribution in [0.4, 0.5) is 11.4 Å². The van der Waals surface area contributed by atoms with Crippen molar-refractivity contribution in [2.24, 2.45) is 0 Å². The maximum atomic E-state index is 12.2. The number of esters is 1. The molecule has 2 rings (SSSR count). The number of halogens is 1. The van der Waals surface area contributed by atoms with Crippen molar-refractivity contribution in [3.05, 3.63) is 64.7 Å². The molecule has 1 N–H and O–H groups in total. The largest absolute Gasteiger partial charge is 0.448 e. The number of nitrogens with zero attached hydrogens (tertiary/aromatic N) is 2. The van der Waals surface area contributed by atoms with Crippen molar-refractivity contribution in [3.8, 4) is 6.07 Å². The standard InChI is InChI=1S/C21H20ClN3O3/c1-14(20(26)24-18-8-6-17(22)7-9-18)28-21(27)16(13-23)12-15-4-10-19(11-5-15)25(2)3/h4-12,14H,1-3H3,(H,24,26)/b16-12+. The van der Waals surface area contributed by atoms with E-state index in [4.69, 9.17) is 16.3 Å². The van der Waals surface area contributed by atoms with Crippen LogP contribution in [0.5, 0.6) is 0 Å². The summed E-state index contributed by atoms with van der Waals surface area (Å²) in [5.74, 6) is -1.37. The van der Waals surface area contributed by atoms with Gasteiger partial charge in [0.1, 0.15) is 11.6 Å². The van der Waals surface area contributed by atoms with Gasteiger partial charge in [0.05, 0.1) is 0 Å². The van der Waals surface area contributed by atoms with Crippen LogP contribution in [0.1, 0.15) is 12.5 Å². The van der Waals surface area contributed by atoms with Gasteiger partial charge >= 0.3 is 5.97 Å². The molecule has 0 aliphatic rings. The molecule has 0 radical (unpaired) electrons. The Hall–Kier alpha value is -3.30. The van der Waals surface area contributed by atoms with Crippen LogP contribution in [0.3, 0.4) is 0 Å². The van der Waals surface area contributed by atoms with E-state index in [9.17, 15) is 14.9 Å². The van der Waals surface area contributed by atoms with Crippen LogP contribution in [0.15, 0.2) is 54.1 Å². The van der Waals surface area contributed by atoms with Crippen molar-refractivity contribution < 1.29 is 14.3 Å². The molecule has 6 nitrogen and oxygen atoms in total. The quantitative estimate of drug-likeness (QED) is 0.454. The first kappa shape index (κ1) is 21.0. The first-order chi connectivity index (χ1) is 13.3. The molecular formula is C21H20ClN3O3. The molecule has 0 aliphatic carbocycles. The predicted molar refractivity (Wildman–Crippen MR) is 110 cm³/mol. The van der Waals surface area contributed by atoms with Crippen LogP contribution in [0, 0.1) is 11.3 Å². The third-order valence-corrected chi connectivity index (χ3v) is 4.08. The average Bonchev–Trinajstić information content (AvgIpc) is 2.68. The zero-order chi connectivity index (χ0) is 20.7. The van der Waals surface area contributed by atoms with Gasteiger partial charge in [-0.2, -0.15) is 5.26 Å².